The van der Waals surface area contributed by atoms with Gasteiger partial charge in [0.15, 0.2) is 0 Å². The summed E-state index contributed by atoms with van der Waals surface area (Å²) in [6.45, 7) is 5.79. The van der Waals surface area contributed by atoms with Crippen LogP contribution in [0.1, 0.15) is 52.4 Å². The lowest BCUT2D eigenvalue weighted by Gasteiger charge is -2.05. The molecular formula is C13H24FN. The highest BCUT2D eigenvalue weighted by Crippen LogP contribution is 2.08. The molecule has 0 spiro atoms. The van der Waals surface area contributed by atoms with Gasteiger partial charge in [0, 0.05) is 11.6 Å². The van der Waals surface area contributed by atoms with Crippen LogP contribution in [0.2, 0.25) is 0 Å². The van der Waals surface area contributed by atoms with E-state index in [-0.39, 0.29) is 4.70 Å². The van der Waals surface area contributed by atoms with Crippen molar-refractivity contribution in [3.63, 3.8) is 0 Å². The maximum atomic E-state index is 2.39. The Kier molecular flexibility index (Phi) is 8.30. The van der Waals surface area contributed by atoms with Gasteiger partial charge >= 0.3 is 0 Å². The summed E-state index contributed by atoms with van der Waals surface area (Å²) in [6, 6.07) is 0. The quantitative estimate of drug-likeness (QED) is 0.552. The minimum absolute atomic E-state index is 0. The Labute approximate surface area is 93.2 Å². The fraction of sp³-hybridized carbons (Fsp3) is 0.692. The van der Waals surface area contributed by atoms with Gasteiger partial charge in [-0.15, -0.1) is 0 Å². The molecule has 0 bridgehead atoms. The van der Waals surface area contributed by atoms with Crippen LogP contribution in [0.15, 0.2) is 24.0 Å². The van der Waals surface area contributed by atoms with E-state index in [9.17, 15) is 0 Å². The maximum absolute atomic E-state index is 2.39. The zero-order valence-corrected chi connectivity index (χ0v) is 10.1. The van der Waals surface area contributed by atoms with Crippen molar-refractivity contribution in [2.45, 2.75) is 52.4 Å². The van der Waals surface area contributed by atoms with Crippen LogP contribution in [0.25, 0.3) is 0 Å². The molecule has 0 aromatic carbocycles. The lowest BCUT2D eigenvalue weighted by molar-refractivity contribution is -0.788. The Morgan fingerprint density at radius 3 is 2.47 bits per heavy atom. The van der Waals surface area contributed by atoms with Crippen LogP contribution < -0.4 is 9.60 Å². The van der Waals surface area contributed by atoms with Gasteiger partial charge in [-0.05, 0) is 25.7 Å². The first-order valence-electron chi connectivity index (χ1n) is 6.11. The molecule has 1 unspecified atom stereocenters. The molecule has 0 aromatic rings. The first kappa shape index (κ1) is 14.4. The van der Waals surface area contributed by atoms with Gasteiger partial charge in [0.25, 0.3) is 0 Å². The highest BCUT2D eigenvalue weighted by molar-refractivity contribution is 5.17. The highest BCUT2D eigenvalue weighted by Gasteiger charge is 2.09. The van der Waals surface area contributed by atoms with E-state index in [0.717, 1.165) is 0 Å². The standard InChI is InChI=1S/C13H23N.FH/c1-3-5-7-10-14-11-9-13(12-14)8-6-4-2;/h9,11-12H,3-8,10H2,1-2H3;1H. The SMILES string of the molecule is CCCCC[NH+]1C=CC(CCCC)=C1.[F-]. The molecule has 0 saturated carbocycles. The molecule has 0 aromatic heterocycles. The smallest absolute Gasteiger partial charge is 0.102 e. The van der Waals surface area contributed by atoms with E-state index in [1.807, 2.05) is 0 Å². The molecule has 1 aliphatic heterocycles. The molecular weight excluding hydrogens is 189 g/mol. The predicted octanol–water partition coefficient (Wildman–Crippen LogP) is -0.333. The zero-order valence-electron chi connectivity index (χ0n) is 10.1. The predicted molar refractivity (Wildman–Crippen MR) is 62.1 cm³/mol. The maximum Gasteiger partial charge on any atom is 0.102 e. The second kappa shape index (κ2) is 8.66. The van der Waals surface area contributed by atoms with Gasteiger partial charge in [-0.25, -0.2) is 0 Å². The van der Waals surface area contributed by atoms with Crippen molar-refractivity contribution in [2.24, 2.45) is 0 Å². The van der Waals surface area contributed by atoms with Crippen LogP contribution in [0, 0.1) is 0 Å². The Balaban J connectivity index is 0.00000196. The topological polar surface area (TPSA) is 4.44 Å². The van der Waals surface area contributed by atoms with Gasteiger partial charge in [-0.1, -0.05) is 26.7 Å². The van der Waals surface area contributed by atoms with E-state index in [1.165, 1.54) is 45.1 Å². The Bertz CT molecular complexity index is 209. The third-order valence-corrected chi connectivity index (χ3v) is 2.77. The van der Waals surface area contributed by atoms with Gasteiger partial charge in [0.05, 0.1) is 12.7 Å². The zero-order chi connectivity index (χ0) is 10.2. The molecule has 1 aliphatic rings. The molecule has 0 amide bonds. The molecule has 1 nitrogen and oxygen atoms in total. The molecule has 1 atom stereocenters. The second-order valence-corrected chi connectivity index (χ2v) is 4.19. The monoisotopic (exact) mass is 213 g/mol. The normalized spacial score (nSPS) is 18.8. The van der Waals surface area contributed by atoms with Gasteiger partial charge in [-0.2, -0.15) is 0 Å². The van der Waals surface area contributed by atoms with Crippen molar-refractivity contribution < 1.29 is 9.60 Å². The summed E-state index contributed by atoms with van der Waals surface area (Å²) < 4.78 is 0. The Morgan fingerprint density at radius 2 is 1.80 bits per heavy atom. The highest BCUT2D eigenvalue weighted by atomic mass is 19.0. The fourth-order valence-corrected chi connectivity index (χ4v) is 1.82. The van der Waals surface area contributed by atoms with E-state index in [1.54, 1.807) is 10.5 Å². The first-order chi connectivity index (χ1) is 6.86. The van der Waals surface area contributed by atoms with Crippen LogP contribution in [0.5, 0.6) is 0 Å². The lowest BCUT2D eigenvalue weighted by atomic mass is 10.1. The minimum Gasteiger partial charge on any atom is -1.00 e. The third-order valence-electron chi connectivity index (χ3n) is 2.77. The molecule has 0 fully saturated rings. The summed E-state index contributed by atoms with van der Waals surface area (Å²) in [4.78, 5) is 1.55. The Morgan fingerprint density at radius 1 is 1.07 bits per heavy atom. The van der Waals surface area contributed by atoms with Crippen molar-refractivity contribution in [3.05, 3.63) is 24.0 Å². The van der Waals surface area contributed by atoms with E-state index >= 15 is 0 Å². The summed E-state index contributed by atoms with van der Waals surface area (Å²) in [5, 5.41) is 0. The van der Waals surface area contributed by atoms with Crippen LogP contribution >= 0.6 is 0 Å². The van der Waals surface area contributed by atoms with E-state index in [0.29, 0.717) is 0 Å². The molecule has 0 radical (unpaired) electrons. The van der Waals surface area contributed by atoms with Gasteiger partial charge < -0.3 is 4.70 Å². The fourth-order valence-electron chi connectivity index (χ4n) is 1.82. The summed E-state index contributed by atoms with van der Waals surface area (Å²) in [6.07, 6.45) is 15.0. The Hall–Kier alpha value is -0.630. The van der Waals surface area contributed by atoms with Gasteiger partial charge in [0.2, 0.25) is 0 Å². The lowest BCUT2D eigenvalue weighted by Crippen LogP contribution is -3.01. The number of quaternary nitrogens is 1. The number of unbranched alkanes of at least 4 members (excludes halogenated alkanes) is 3. The minimum atomic E-state index is 0. The molecule has 1 rings (SSSR count). The number of halogens is 1. The molecule has 0 aliphatic carbocycles. The van der Waals surface area contributed by atoms with Crippen LogP contribution in [-0.2, 0) is 0 Å². The first-order valence-corrected chi connectivity index (χ1v) is 6.11. The van der Waals surface area contributed by atoms with Crippen molar-refractivity contribution >= 4 is 0 Å². The molecule has 2 heteroatoms. The van der Waals surface area contributed by atoms with Gasteiger partial charge in [0.1, 0.15) is 6.20 Å². The molecule has 1 heterocycles. The average Bonchev–Trinajstić information content (AvgIpc) is 2.63. The summed E-state index contributed by atoms with van der Waals surface area (Å²) in [7, 11) is 0. The van der Waals surface area contributed by atoms with E-state index < -0.39 is 0 Å². The largest absolute Gasteiger partial charge is 1.00 e. The number of nitrogens with one attached hydrogen (secondary N) is 1. The summed E-state index contributed by atoms with van der Waals surface area (Å²) in [5.74, 6) is 0. The van der Waals surface area contributed by atoms with Crippen molar-refractivity contribution in [1.29, 1.82) is 0 Å². The van der Waals surface area contributed by atoms with Crippen molar-refractivity contribution in [2.75, 3.05) is 6.54 Å². The number of allylic oxidation sites excluding steroid dienone is 2. The average molecular weight is 213 g/mol. The molecule has 88 valence electrons. The third kappa shape index (κ3) is 5.73. The summed E-state index contributed by atoms with van der Waals surface area (Å²) in [5.41, 5.74) is 1.54. The molecule has 15 heavy (non-hydrogen) atoms. The van der Waals surface area contributed by atoms with E-state index in [2.05, 4.69) is 32.3 Å². The van der Waals surface area contributed by atoms with Crippen LogP contribution in [0.4, 0.5) is 0 Å². The molecule has 0 saturated heterocycles. The second-order valence-electron chi connectivity index (χ2n) is 4.19. The number of hydrogen-bond donors (Lipinski definition) is 1. The van der Waals surface area contributed by atoms with Crippen LogP contribution in [0.3, 0.4) is 0 Å². The molecule has 1 N–H and O–H groups in total. The summed E-state index contributed by atoms with van der Waals surface area (Å²) >= 11 is 0. The van der Waals surface area contributed by atoms with Crippen molar-refractivity contribution in [3.8, 4) is 0 Å². The van der Waals surface area contributed by atoms with Gasteiger partial charge in [-0.3, -0.25) is 4.90 Å². The number of hydrogen-bond acceptors (Lipinski definition) is 0. The van der Waals surface area contributed by atoms with E-state index in [4.69, 9.17) is 0 Å². The van der Waals surface area contributed by atoms with Crippen molar-refractivity contribution in [1.82, 2.24) is 0 Å². The van der Waals surface area contributed by atoms with Crippen LogP contribution in [-0.4, -0.2) is 6.54 Å². The number of rotatable bonds is 7.